The van der Waals surface area contributed by atoms with E-state index in [4.69, 9.17) is 14.2 Å². The van der Waals surface area contributed by atoms with Gasteiger partial charge in [-0.3, -0.25) is 0 Å². The highest BCUT2D eigenvalue weighted by Gasteiger charge is 2.44. The van der Waals surface area contributed by atoms with Gasteiger partial charge in [-0.25, -0.2) is 0 Å². The van der Waals surface area contributed by atoms with Crippen LogP contribution >= 0.6 is 0 Å². The Labute approximate surface area is 107 Å². The molecular formula is C15H18O3. The minimum absolute atomic E-state index is 0.401. The van der Waals surface area contributed by atoms with E-state index in [0.717, 1.165) is 12.8 Å². The van der Waals surface area contributed by atoms with Gasteiger partial charge in [-0.15, -0.1) is 0 Å². The molecule has 1 heterocycles. The third-order valence-electron chi connectivity index (χ3n) is 3.68. The predicted molar refractivity (Wildman–Crippen MR) is 68.0 cm³/mol. The number of methoxy groups -OCH3 is 1. The van der Waals surface area contributed by atoms with Gasteiger partial charge in [0.05, 0.1) is 26.6 Å². The molecule has 0 amide bonds. The fraction of sp³-hybridized carbons (Fsp3) is 0.467. The maximum Gasteiger partial charge on any atom is 0.195 e. The van der Waals surface area contributed by atoms with Crippen LogP contribution in [0.1, 0.15) is 17.5 Å². The van der Waals surface area contributed by atoms with E-state index >= 15 is 0 Å². The first kappa shape index (κ1) is 11.8. The van der Waals surface area contributed by atoms with Crippen molar-refractivity contribution < 1.29 is 14.2 Å². The van der Waals surface area contributed by atoms with E-state index in [2.05, 4.69) is 30.3 Å². The Kier molecular flexibility index (Phi) is 3.10. The van der Waals surface area contributed by atoms with Gasteiger partial charge in [0.2, 0.25) is 0 Å². The van der Waals surface area contributed by atoms with E-state index in [1.807, 2.05) is 0 Å². The van der Waals surface area contributed by atoms with E-state index in [-0.39, 0.29) is 0 Å². The fourth-order valence-corrected chi connectivity index (χ4v) is 2.93. The molecule has 96 valence electrons. The second-order valence-corrected chi connectivity index (χ2v) is 4.84. The summed E-state index contributed by atoms with van der Waals surface area (Å²) >= 11 is 0. The maximum absolute atomic E-state index is 5.92. The quantitative estimate of drug-likeness (QED) is 0.751. The zero-order valence-corrected chi connectivity index (χ0v) is 10.6. The van der Waals surface area contributed by atoms with Gasteiger partial charge in [-0.1, -0.05) is 24.3 Å². The Balaban J connectivity index is 1.96. The average molecular weight is 246 g/mol. The van der Waals surface area contributed by atoms with Crippen LogP contribution in [0, 0.1) is 5.92 Å². The lowest BCUT2D eigenvalue weighted by Gasteiger charge is -2.37. The molecule has 1 aromatic rings. The van der Waals surface area contributed by atoms with Gasteiger partial charge in [-0.2, -0.15) is 0 Å². The first-order chi connectivity index (χ1) is 8.84. The summed E-state index contributed by atoms with van der Waals surface area (Å²) in [5, 5.41) is 0. The van der Waals surface area contributed by atoms with Crippen molar-refractivity contribution in [1.82, 2.24) is 0 Å². The third kappa shape index (κ3) is 1.93. The van der Waals surface area contributed by atoms with Gasteiger partial charge in [0, 0.05) is 12.0 Å². The molecule has 0 saturated carbocycles. The molecule has 0 radical (unpaired) electrons. The summed E-state index contributed by atoms with van der Waals surface area (Å²) in [6.07, 6.45) is 5.73. The molecule has 0 aromatic heterocycles. The number of fused-ring (bicyclic) bond motifs is 2. The minimum Gasteiger partial charge on any atom is -0.505 e. The van der Waals surface area contributed by atoms with Crippen LogP contribution in [0.4, 0.5) is 0 Å². The molecule has 1 spiro atoms. The predicted octanol–water partition coefficient (Wildman–Crippen LogP) is 2.61. The normalized spacial score (nSPS) is 25.5. The molecule has 1 aromatic carbocycles. The molecule has 0 bridgehead atoms. The van der Waals surface area contributed by atoms with Gasteiger partial charge < -0.3 is 14.2 Å². The van der Waals surface area contributed by atoms with Crippen LogP contribution in [0.25, 0.3) is 0 Å². The summed E-state index contributed by atoms with van der Waals surface area (Å²) in [7, 11) is 1.67. The molecule has 3 rings (SSSR count). The average Bonchev–Trinajstić information content (AvgIpc) is 2.86. The van der Waals surface area contributed by atoms with Crippen molar-refractivity contribution in [2.45, 2.75) is 18.6 Å². The van der Waals surface area contributed by atoms with Crippen LogP contribution < -0.4 is 0 Å². The Morgan fingerprint density at radius 3 is 2.83 bits per heavy atom. The zero-order valence-electron chi connectivity index (χ0n) is 10.6. The van der Waals surface area contributed by atoms with Crippen molar-refractivity contribution >= 4 is 0 Å². The molecule has 3 nitrogen and oxygen atoms in total. The Morgan fingerprint density at radius 2 is 2.06 bits per heavy atom. The third-order valence-corrected chi connectivity index (χ3v) is 3.68. The molecular weight excluding hydrogens is 228 g/mol. The van der Waals surface area contributed by atoms with Crippen LogP contribution in [-0.2, 0) is 26.4 Å². The summed E-state index contributed by atoms with van der Waals surface area (Å²) in [6, 6.07) is 8.41. The van der Waals surface area contributed by atoms with Crippen LogP contribution in [-0.4, -0.2) is 20.3 Å². The summed E-state index contributed by atoms with van der Waals surface area (Å²) in [6.45, 7) is 1.35. The summed E-state index contributed by atoms with van der Waals surface area (Å²) in [5.41, 5.74) is 2.51. The smallest absolute Gasteiger partial charge is 0.195 e. The molecule has 18 heavy (non-hydrogen) atoms. The number of ether oxygens (including phenoxy) is 3. The van der Waals surface area contributed by atoms with Crippen molar-refractivity contribution in [3.8, 4) is 0 Å². The van der Waals surface area contributed by atoms with Crippen LogP contribution in [0.2, 0.25) is 0 Å². The van der Waals surface area contributed by atoms with E-state index in [9.17, 15) is 0 Å². The largest absolute Gasteiger partial charge is 0.505 e. The lowest BCUT2D eigenvalue weighted by atomic mass is 9.79. The number of rotatable bonds is 2. The Morgan fingerprint density at radius 1 is 1.28 bits per heavy atom. The highest BCUT2D eigenvalue weighted by atomic mass is 16.7. The molecule has 1 saturated heterocycles. The Bertz CT molecular complexity index is 447. The van der Waals surface area contributed by atoms with E-state index in [1.165, 1.54) is 11.1 Å². The highest BCUT2D eigenvalue weighted by Crippen LogP contribution is 2.44. The molecule has 3 heteroatoms. The molecule has 1 fully saturated rings. The van der Waals surface area contributed by atoms with Crippen LogP contribution in [0.15, 0.2) is 36.6 Å². The molecule has 2 aliphatic rings. The van der Waals surface area contributed by atoms with Crippen LogP contribution in [0.3, 0.4) is 0 Å². The van der Waals surface area contributed by atoms with E-state index < -0.39 is 5.79 Å². The summed E-state index contributed by atoms with van der Waals surface area (Å²) < 4.78 is 16.9. The molecule has 1 atom stereocenters. The van der Waals surface area contributed by atoms with Crippen molar-refractivity contribution in [3.63, 3.8) is 0 Å². The van der Waals surface area contributed by atoms with Crippen molar-refractivity contribution in [2.24, 2.45) is 5.92 Å². The maximum atomic E-state index is 5.92. The van der Waals surface area contributed by atoms with Gasteiger partial charge >= 0.3 is 0 Å². The molecule has 0 N–H and O–H groups in total. The first-order valence-electron chi connectivity index (χ1n) is 6.40. The van der Waals surface area contributed by atoms with Gasteiger partial charge in [-0.05, 0) is 24.0 Å². The standard InChI is InChI=1S/C15H18O3/c1-16-7-6-12-10-13-4-2-3-5-14(13)15(11-12)17-8-9-18-15/h2-7,12H,8-11H2,1H3. The van der Waals surface area contributed by atoms with Gasteiger partial charge in [0.1, 0.15) is 0 Å². The van der Waals surface area contributed by atoms with Crippen molar-refractivity contribution in [1.29, 1.82) is 0 Å². The first-order valence-corrected chi connectivity index (χ1v) is 6.40. The van der Waals surface area contributed by atoms with E-state index in [0.29, 0.717) is 19.1 Å². The highest BCUT2D eigenvalue weighted by molar-refractivity contribution is 5.35. The number of allylic oxidation sites excluding steroid dienone is 1. The summed E-state index contributed by atoms with van der Waals surface area (Å²) in [4.78, 5) is 0. The monoisotopic (exact) mass is 246 g/mol. The second kappa shape index (κ2) is 4.75. The zero-order chi connectivity index (χ0) is 12.4. The molecule has 1 aliphatic heterocycles. The number of hydrogen-bond donors (Lipinski definition) is 0. The van der Waals surface area contributed by atoms with Crippen molar-refractivity contribution in [3.05, 3.63) is 47.7 Å². The molecule has 1 unspecified atom stereocenters. The topological polar surface area (TPSA) is 27.7 Å². The Hall–Kier alpha value is -1.32. The lowest BCUT2D eigenvalue weighted by molar-refractivity contribution is -0.181. The SMILES string of the molecule is COC=CC1Cc2ccccc2C2(C1)OCCO2. The van der Waals surface area contributed by atoms with Crippen molar-refractivity contribution in [2.75, 3.05) is 20.3 Å². The minimum atomic E-state index is -0.530. The second-order valence-electron chi connectivity index (χ2n) is 4.84. The van der Waals surface area contributed by atoms with Gasteiger partial charge in [0.15, 0.2) is 5.79 Å². The number of hydrogen-bond acceptors (Lipinski definition) is 3. The lowest BCUT2D eigenvalue weighted by Crippen LogP contribution is -2.35. The fourth-order valence-electron chi connectivity index (χ4n) is 2.93. The summed E-state index contributed by atoms with van der Waals surface area (Å²) in [5.74, 6) is -0.129. The van der Waals surface area contributed by atoms with Gasteiger partial charge in [0.25, 0.3) is 0 Å². The van der Waals surface area contributed by atoms with E-state index in [1.54, 1.807) is 13.4 Å². The number of benzene rings is 1. The van der Waals surface area contributed by atoms with Crippen LogP contribution in [0.5, 0.6) is 0 Å². The molecule has 1 aliphatic carbocycles.